The zero-order valence-electron chi connectivity index (χ0n) is 11.4. The molecule has 16 heavy (non-hydrogen) atoms. The molecule has 4 unspecified atom stereocenters. The van der Waals surface area contributed by atoms with Crippen LogP contribution in [0.4, 0.5) is 0 Å². The Morgan fingerprint density at radius 3 is 2.56 bits per heavy atom. The van der Waals surface area contributed by atoms with Crippen LogP contribution < -0.4 is 5.32 Å². The Bertz CT molecular complexity index is 241. The van der Waals surface area contributed by atoms with Crippen molar-refractivity contribution in [1.29, 1.82) is 0 Å². The minimum Gasteiger partial charge on any atom is -0.309 e. The molecule has 94 valence electrons. The molecule has 0 aromatic carbocycles. The van der Waals surface area contributed by atoms with Gasteiger partial charge < -0.3 is 5.32 Å². The maximum atomic E-state index is 3.74. The second kappa shape index (κ2) is 4.66. The van der Waals surface area contributed by atoms with Crippen molar-refractivity contribution < 1.29 is 0 Å². The standard InChI is InChI=1S/C14H28N2/c1-5-13-8-15-14(4,6-2)10-16(13)9-12-7-11(12)3/h11-13,15H,5-10H2,1-4H3. The Morgan fingerprint density at radius 2 is 2.06 bits per heavy atom. The summed E-state index contributed by atoms with van der Waals surface area (Å²) in [7, 11) is 0. The molecule has 1 saturated heterocycles. The van der Waals surface area contributed by atoms with E-state index in [-0.39, 0.29) is 0 Å². The third kappa shape index (κ3) is 2.60. The molecular weight excluding hydrogens is 196 g/mol. The molecule has 1 aliphatic heterocycles. The zero-order valence-corrected chi connectivity index (χ0v) is 11.4. The average molecular weight is 224 g/mol. The smallest absolute Gasteiger partial charge is 0.0278 e. The van der Waals surface area contributed by atoms with Crippen molar-refractivity contribution in [1.82, 2.24) is 10.2 Å². The summed E-state index contributed by atoms with van der Waals surface area (Å²) in [5.41, 5.74) is 0.351. The van der Waals surface area contributed by atoms with Gasteiger partial charge in [-0.15, -0.1) is 0 Å². The van der Waals surface area contributed by atoms with E-state index in [2.05, 4.69) is 37.9 Å². The fourth-order valence-electron chi connectivity index (χ4n) is 2.93. The van der Waals surface area contributed by atoms with E-state index < -0.39 is 0 Å². The van der Waals surface area contributed by atoms with Gasteiger partial charge in [0, 0.05) is 31.2 Å². The lowest BCUT2D eigenvalue weighted by Gasteiger charge is -2.46. The van der Waals surface area contributed by atoms with Crippen LogP contribution in [0.5, 0.6) is 0 Å². The second-order valence-electron chi connectivity index (χ2n) is 6.26. The highest BCUT2D eigenvalue weighted by Gasteiger charge is 2.39. The van der Waals surface area contributed by atoms with Crippen LogP contribution in [0.2, 0.25) is 0 Å². The lowest BCUT2D eigenvalue weighted by atomic mass is 9.92. The van der Waals surface area contributed by atoms with Crippen LogP contribution in [-0.2, 0) is 0 Å². The van der Waals surface area contributed by atoms with Crippen LogP contribution in [0.15, 0.2) is 0 Å². The van der Waals surface area contributed by atoms with Gasteiger partial charge in [0.15, 0.2) is 0 Å². The summed E-state index contributed by atoms with van der Waals surface area (Å²) >= 11 is 0. The van der Waals surface area contributed by atoms with Crippen LogP contribution in [0, 0.1) is 11.8 Å². The maximum Gasteiger partial charge on any atom is 0.0278 e. The van der Waals surface area contributed by atoms with Gasteiger partial charge in [-0.25, -0.2) is 0 Å². The number of nitrogens with zero attached hydrogens (tertiary/aromatic N) is 1. The highest BCUT2D eigenvalue weighted by molar-refractivity contribution is 4.96. The van der Waals surface area contributed by atoms with E-state index in [1.54, 1.807) is 0 Å². The summed E-state index contributed by atoms with van der Waals surface area (Å²) < 4.78 is 0. The molecule has 0 radical (unpaired) electrons. The first-order chi connectivity index (χ1) is 7.58. The second-order valence-corrected chi connectivity index (χ2v) is 6.26. The van der Waals surface area contributed by atoms with Gasteiger partial charge in [-0.3, -0.25) is 4.90 Å². The largest absolute Gasteiger partial charge is 0.309 e. The van der Waals surface area contributed by atoms with E-state index in [0.717, 1.165) is 17.9 Å². The number of hydrogen-bond acceptors (Lipinski definition) is 2. The van der Waals surface area contributed by atoms with Crippen LogP contribution >= 0.6 is 0 Å². The molecule has 0 aromatic heterocycles. The molecular formula is C14H28N2. The predicted octanol–water partition coefficient (Wildman–Crippen LogP) is 2.49. The topological polar surface area (TPSA) is 15.3 Å². The normalized spacial score (nSPS) is 44.6. The number of hydrogen-bond donors (Lipinski definition) is 1. The summed E-state index contributed by atoms with van der Waals surface area (Å²) in [6.07, 6.45) is 3.98. The van der Waals surface area contributed by atoms with E-state index in [1.165, 1.54) is 38.9 Å². The minimum absolute atomic E-state index is 0.351. The van der Waals surface area contributed by atoms with Gasteiger partial charge in [0.25, 0.3) is 0 Å². The fourth-order valence-corrected chi connectivity index (χ4v) is 2.93. The predicted molar refractivity (Wildman–Crippen MR) is 69.6 cm³/mol. The van der Waals surface area contributed by atoms with Crippen molar-refractivity contribution in [2.75, 3.05) is 19.6 Å². The highest BCUT2D eigenvalue weighted by atomic mass is 15.3. The quantitative estimate of drug-likeness (QED) is 0.789. The summed E-state index contributed by atoms with van der Waals surface area (Å²) in [5, 5.41) is 3.74. The van der Waals surface area contributed by atoms with Crippen molar-refractivity contribution in [2.45, 2.75) is 58.5 Å². The molecule has 2 aliphatic rings. The molecule has 1 heterocycles. The Labute approximate surface area is 101 Å². The lowest BCUT2D eigenvalue weighted by molar-refractivity contribution is 0.0767. The Hall–Kier alpha value is -0.0800. The summed E-state index contributed by atoms with van der Waals surface area (Å²) in [5.74, 6) is 1.98. The van der Waals surface area contributed by atoms with Gasteiger partial charge in [0.05, 0.1) is 0 Å². The third-order valence-electron chi connectivity index (χ3n) is 4.83. The Morgan fingerprint density at radius 1 is 1.38 bits per heavy atom. The first-order valence-electron chi connectivity index (χ1n) is 7.07. The Balaban J connectivity index is 1.94. The average Bonchev–Trinajstić information content (AvgIpc) is 2.95. The first kappa shape index (κ1) is 12.4. The molecule has 1 aliphatic carbocycles. The molecule has 0 aromatic rings. The van der Waals surface area contributed by atoms with Gasteiger partial charge in [0.2, 0.25) is 0 Å². The molecule has 2 nitrogen and oxygen atoms in total. The molecule has 4 atom stereocenters. The molecule has 0 amide bonds. The van der Waals surface area contributed by atoms with Gasteiger partial charge in [-0.1, -0.05) is 20.8 Å². The van der Waals surface area contributed by atoms with Crippen LogP contribution in [0.25, 0.3) is 0 Å². The van der Waals surface area contributed by atoms with Gasteiger partial charge in [-0.05, 0) is 38.0 Å². The van der Waals surface area contributed by atoms with Crippen molar-refractivity contribution in [3.05, 3.63) is 0 Å². The summed E-state index contributed by atoms with van der Waals surface area (Å²) in [6.45, 7) is 13.2. The minimum atomic E-state index is 0.351. The SMILES string of the molecule is CCC1CNC(C)(CC)CN1CC1CC1C. The zero-order chi connectivity index (χ0) is 11.8. The molecule has 2 heteroatoms. The monoisotopic (exact) mass is 224 g/mol. The number of rotatable bonds is 4. The van der Waals surface area contributed by atoms with Gasteiger partial charge in [-0.2, -0.15) is 0 Å². The Kier molecular flexibility index (Phi) is 3.60. The van der Waals surface area contributed by atoms with Crippen molar-refractivity contribution in [3.8, 4) is 0 Å². The number of piperazine rings is 1. The van der Waals surface area contributed by atoms with E-state index >= 15 is 0 Å². The van der Waals surface area contributed by atoms with E-state index in [4.69, 9.17) is 0 Å². The van der Waals surface area contributed by atoms with Gasteiger partial charge in [0.1, 0.15) is 0 Å². The van der Waals surface area contributed by atoms with Crippen LogP contribution in [0.1, 0.15) is 47.0 Å². The molecule has 1 N–H and O–H groups in total. The molecule has 1 saturated carbocycles. The number of nitrogens with one attached hydrogen (secondary N) is 1. The van der Waals surface area contributed by atoms with Gasteiger partial charge >= 0.3 is 0 Å². The lowest BCUT2D eigenvalue weighted by Crippen LogP contribution is -2.62. The van der Waals surface area contributed by atoms with Crippen molar-refractivity contribution in [3.63, 3.8) is 0 Å². The fraction of sp³-hybridized carbons (Fsp3) is 1.00. The molecule has 0 spiro atoms. The van der Waals surface area contributed by atoms with E-state index in [9.17, 15) is 0 Å². The summed E-state index contributed by atoms with van der Waals surface area (Å²) in [6, 6.07) is 0.771. The van der Waals surface area contributed by atoms with Crippen molar-refractivity contribution >= 4 is 0 Å². The first-order valence-corrected chi connectivity index (χ1v) is 7.07. The summed E-state index contributed by atoms with van der Waals surface area (Å²) in [4.78, 5) is 2.76. The molecule has 2 rings (SSSR count). The van der Waals surface area contributed by atoms with E-state index in [0.29, 0.717) is 5.54 Å². The van der Waals surface area contributed by atoms with Crippen LogP contribution in [-0.4, -0.2) is 36.1 Å². The van der Waals surface area contributed by atoms with Crippen molar-refractivity contribution in [2.24, 2.45) is 11.8 Å². The van der Waals surface area contributed by atoms with Crippen LogP contribution in [0.3, 0.4) is 0 Å². The third-order valence-corrected chi connectivity index (χ3v) is 4.83. The maximum absolute atomic E-state index is 3.74. The molecule has 2 fully saturated rings. The molecule has 0 bridgehead atoms. The van der Waals surface area contributed by atoms with E-state index in [1.807, 2.05) is 0 Å². The highest BCUT2D eigenvalue weighted by Crippen LogP contribution is 2.39.